The van der Waals surface area contributed by atoms with Crippen LogP contribution < -0.4 is 10.0 Å². The molecule has 1 aliphatic rings. The maximum Gasteiger partial charge on any atom is 0.273 e. The third-order valence-corrected chi connectivity index (χ3v) is 5.27. The number of hydrogen-bond acceptors (Lipinski definition) is 5. The van der Waals surface area contributed by atoms with Gasteiger partial charge in [-0.1, -0.05) is 13.0 Å². The Hall–Kier alpha value is -1.51. The average Bonchev–Trinajstić information content (AvgIpc) is 2.41. The van der Waals surface area contributed by atoms with Crippen molar-refractivity contribution in [3.63, 3.8) is 0 Å². The molecule has 0 amide bonds. The highest BCUT2D eigenvalue weighted by molar-refractivity contribution is 7.89. The minimum absolute atomic E-state index is 0.0643. The Labute approximate surface area is 123 Å². The van der Waals surface area contributed by atoms with Gasteiger partial charge in [-0.05, 0) is 38.4 Å². The first kappa shape index (κ1) is 15.9. The zero-order chi connectivity index (χ0) is 15.6. The average molecular weight is 313 g/mol. The van der Waals surface area contributed by atoms with Crippen LogP contribution in [0.3, 0.4) is 0 Å². The van der Waals surface area contributed by atoms with E-state index in [-0.39, 0.29) is 22.5 Å². The van der Waals surface area contributed by atoms with Crippen molar-refractivity contribution >= 4 is 15.7 Å². The van der Waals surface area contributed by atoms with Crippen molar-refractivity contribution in [1.82, 2.24) is 10.0 Å². The smallest absolute Gasteiger partial charge is 0.273 e. The summed E-state index contributed by atoms with van der Waals surface area (Å²) in [5.41, 5.74) is 0.255. The second-order valence-corrected chi connectivity index (χ2v) is 7.12. The SMILES string of the molecule is Cc1ccc(S(=O)(=O)NC2CCNCC2C)cc1[N+](=O)[O-]. The van der Waals surface area contributed by atoms with Crippen LogP contribution in [-0.4, -0.2) is 32.5 Å². The lowest BCUT2D eigenvalue weighted by Crippen LogP contribution is -2.48. The van der Waals surface area contributed by atoms with Crippen LogP contribution in [0.4, 0.5) is 5.69 Å². The Kier molecular flexibility index (Phi) is 4.60. The predicted octanol–water partition coefficient (Wildman–Crippen LogP) is 1.18. The van der Waals surface area contributed by atoms with Crippen LogP contribution in [0.2, 0.25) is 0 Å². The quantitative estimate of drug-likeness (QED) is 0.642. The van der Waals surface area contributed by atoms with Crippen molar-refractivity contribution in [2.45, 2.75) is 31.2 Å². The molecule has 1 aliphatic heterocycles. The maximum atomic E-state index is 12.4. The van der Waals surface area contributed by atoms with E-state index < -0.39 is 14.9 Å². The van der Waals surface area contributed by atoms with E-state index >= 15 is 0 Å². The van der Waals surface area contributed by atoms with Gasteiger partial charge in [0.05, 0.1) is 9.82 Å². The summed E-state index contributed by atoms with van der Waals surface area (Å²) in [5, 5.41) is 14.1. The van der Waals surface area contributed by atoms with Gasteiger partial charge in [0.15, 0.2) is 0 Å². The Bertz CT molecular complexity index is 645. The van der Waals surface area contributed by atoms with Gasteiger partial charge in [-0.25, -0.2) is 13.1 Å². The lowest BCUT2D eigenvalue weighted by atomic mass is 9.97. The summed E-state index contributed by atoms with van der Waals surface area (Å²) in [6.45, 7) is 5.06. The molecule has 2 unspecified atom stereocenters. The largest absolute Gasteiger partial charge is 0.316 e. The van der Waals surface area contributed by atoms with Crippen LogP contribution in [0.1, 0.15) is 18.9 Å². The summed E-state index contributed by atoms with van der Waals surface area (Å²) < 4.78 is 27.4. The standard InChI is InChI=1S/C13H19N3O4S/c1-9-3-4-11(7-13(9)16(17)18)21(19,20)15-12-5-6-14-8-10(12)2/h3-4,7,10,12,14-15H,5-6,8H2,1-2H3. The van der Waals surface area contributed by atoms with Gasteiger partial charge in [-0.2, -0.15) is 0 Å². The third kappa shape index (κ3) is 3.58. The highest BCUT2D eigenvalue weighted by atomic mass is 32.2. The molecule has 1 aromatic carbocycles. The number of hydrogen-bond donors (Lipinski definition) is 2. The summed E-state index contributed by atoms with van der Waals surface area (Å²) in [5.74, 6) is 0.175. The Morgan fingerprint density at radius 1 is 1.43 bits per heavy atom. The minimum Gasteiger partial charge on any atom is -0.316 e. The molecule has 0 aromatic heterocycles. The van der Waals surface area contributed by atoms with E-state index in [1.807, 2.05) is 6.92 Å². The van der Waals surface area contributed by atoms with Gasteiger partial charge >= 0.3 is 0 Å². The van der Waals surface area contributed by atoms with Crippen LogP contribution in [0.15, 0.2) is 23.1 Å². The van der Waals surface area contributed by atoms with E-state index in [4.69, 9.17) is 0 Å². The Morgan fingerprint density at radius 2 is 2.14 bits per heavy atom. The number of benzene rings is 1. The van der Waals surface area contributed by atoms with Crippen molar-refractivity contribution in [1.29, 1.82) is 0 Å². The molecule has 1 fully saturated rings. The van der Waals surface area contributed by atoms with Crippen LogP contribution in [-0.2, 0) is 10.0 Å². The molecule has 2 atom stereocenters. The molecular formula is C13H19N3O4S. The molecule has 1 saturated heterocycles. The molecule has 2 N–H and O–H groups in total. The highest BCUT2D eigenvalue weighted by Crippen LogP contribution is 2.23. The molecule has 7 nitrogen and oxygen atoms in total. The van der Waals surface area contributed by atoms with Gasteiger partial charge in [0.25, 0.3) is 5.69 Å². The lowest BCUT2D eigenvalue weighted by Gasteiger charge is -2.29. The summed E-state index contributed by atoms with van der Waals surface area (Å²) in [7, 11) is -3.75. The molecule has 21 heavy (non-hydrogen) atoms. The number of aryl methyl sites for hydroxylation is 1. The van der Waals surface area contributed by atoms with Gasteiger partial charge in [0, 0.05) is 17.7 Å². The fourth-order valence-electron chi connectivity index (χ4n) is 2.41. The van der Waals surface area contributed by atoms with E-state index in [0.29, 0.717) is 12.0 Å². The Balaban J connectivity index is 2.27. The topological polar surface area (TPSA) is 101 Å². The number of nitro groups is 1. The molecule has 1 aromatic rings. The Morgan fingerprint density at radius 3 is 2.76 bits per heavy atom. The number of piperidine rings is 1. The fourth-order valence-corrected chi connectivity index (χ4v) is 3.81. The monoisotopic (exact) mass is 313 g/mol. The predicted molar refractivity (Wildman–Crippen MR) is 78.6 cm³/mol. The van der Waals surface area contributed by atoms with Crippen molar-refractivity contribution in [3.05, 3.63) is 33.9 Å². The van der Waals surface area contributed by atoms with Gasteiger partial charge in [-0.3, -0.25) is 10.1 Å². The number of nitrogens with zero attached hydrogens (tertiary/aromatic N) is 1. The molecule has 0 spiro atoms. The summed E-state index contributed by atoms with van der Waals surface area (Å²) in [4.78, 5) is 10.3. The normalized spacial score (nSPS) is 23.0. The van der Waals surface area contributed by atoms with Crippen LogP contribution in [0.5, 0.6) is 0 Å². The number of sulfonamides is 1. The molecule has 1 heterocycles. The third-order valence-electron chi connectivity index (χ3n) is 3.78. The number of nitrogens with one attached hydrogen (secondary N) is 2. The van der Waals surface area contributed by atoms with E-state index in [1.165, 1.54) is 12.1 Å². The molecule has 0 aliphatic carbocycles. The molecule has 116 valence electrons. The molecule has 8 heteroatoms. The molecule has 0 radical (unpaired) electrons. The zero-order valence-corrected chi connectivity index (χ0v) is 12.8. The summed E-state index contributed by atoms with van der Waals surface area (Å²) in [6, 6.07) is 3.81. The second-order valence-electron chi connectivity index (χ2n) is 5.40. The fraction of sp³-hybridized carbons (Fsp3) is 0.538. The maximum absolute atomic E-state index is 12.4. The van der Waals surface area contributed by atoms with E-state index in [9.17, 15) is 18.5 Å². The van der Waals surface area contributed by atoms with E-state index in [1.54, 1.807) is 6.92 Å². The number of nitro benzene ring substituents is 1. The minimum atomic E-state index is -3.75. The van der Waals surface area contributed by atoms with Crippen LogP contribution in [0, 0.1) is 23.0 Å². The van der Waals surface area contributed by atoms with E-state index in [0.717, 1.165) is 19.2 Å². The van der Waals surface area contributed by atoms with Crippen LogP contribution in [0.25, 0.3) is 0 Å². The summed E-state index contributed by atoms with van der Waals surface area (Å²) >= 11 is 0. The molecular weight excluding hydrogens is 294 g/mol. The second kappa shape index (κ2) is 6.08. The van der Waals surface area contributed by atoms with E-state index in [2.05, 4.69) is 10.0 Å². The van der Waals surface area contributed by atoms with Crippen molar-refractivity contribution in [2.75, 3.05) is 13.1 Å². The van der Waals surface area contributed by atoms with Gasteiger partial charge in [-0.15, -0.1) is 0 Å². The van der Waals surface area contributed by atoms with Gasteiger partial charge in [0.2, 0.25) is 10.0 Å². The van der Waals surface area contributed by atoms with Crippen LogP contribution >= 0.6 is 0 Å². The first-order chi connectivity index (χ1) is 9.81. The van der Waals surface area contributed by atoms with Crippen molar-refractivity contribution < 1.29 is 13.3 Å². The molecule has 0 bridgehead atoms. The highest BCUT2D eigenvalue weighted by Gasteiger charge is 2.27. The zero-order valence-electron chi connectivity index (χ0n) is 12.0. The first-order valence-electron chi connectivity index (χ1n) is 6.79. The molecule has 2 rings (SSSR count). The first-order valence-corrected chi connectivity index (χ1v) is 8.27. The van der Waals surface area contributed by atoms with Crippen molar-refractivity contribution in [2.24, 2.45) is 5.92 Å². The molecule has 0 saturated carbocycles. The van der Waals surface area contributed by atoms with Gasteiger partial charge in [0.1, 0.15) is 0 Å². The van der Waals surface area contributed by atoms with Gasteiger partial charge < -0.3 is 5.32 Å². The lowest BCUT2D eigenvalue weighted by molar-refractivity contribution is -0.385. The number of rotatable bonds is 4. The summed E-state index contributed by atoms with van der Waals surface area (Å²) in [6.07, 6.45) is 0.703. The van der Waals surface area contributed by atoms with Crippen molar-refractivity contribution in [3.8, 4) is 0 Å².